The number of alkyl halides is 3. The molecular weight excluding hydrogens is 774 g/mol. The maximum atomic E-state index is 12.8. The number of halogens is 3. The van der Waals surface area contributed by atoms with E-state index in [2.05, 4.69) is 28.0 Å². The molecule has 2 saturated heterocycles. The zero-order valence-corrected chi connectivity index (χ0v) is 30.8. The summed E-state index contributed by atoms with van der Waals surface area (Å²) in [7, 11) is -6.09. The highest BCUT2D eigenvalue weighted by molar-refractivity contribution is 7.98. The number of aliphatic hydroxyl groups excluding tert-OH is 1. The minimum Gasteiger partial charge on any atom is -0.741 e. The van der Waals surface area contributed by atoms with Crippen molar-refractivity contribution in [2.45, 2.75) is 49.0 Å². The third-order valence-corrected chi connectivity index (χ3v) is 11.0. The molecule has 23 heteroatoms. The first kappa shape index (κ1) is 41.3. The Balaban J connectivity index is 0.000000703. The SMILES string of the molecule is C=CCOC(=O)N=C(NC(=O)OCC=C)N1CC[C@H](n2c[n+]3cc(C4=C(C(=O)O)N5C(=O)[C@H]([C@@H](C)O)[C@H]5[C@H]4C)sc3c2SC)C1.O=S(=O)([O-])C(F)(F)F. The van der Waals surface area contributed by atoms with Gasteiger partial charge in [0.2, 0.25) is 21.7 Å². The molecule has 0 unspecified atom stereocenters. The number of guanidine groups is 1. The van der Waals surface area contributed by atoms with Crippen LogP contribution < -0.4 is 9.72 Å². The van der Waals surface area contributed by atoms with Gasteiger partial charge in [-0.25, -0.2) is 27.4 Å². The molecule has 2 aromatic rings. The maximum absolute atomic E-state index is 12.8. The molecule has 0 bridgehead atoms. The van der Waals surface area contributed by atoms with Gasteiger partial charge >= 0.3 is 23.7 Å². The zero-order chi connectivity index (χ0) is 39.6. The van der Waals surface area contributed by atoms with E-state index in [9.17, 15) is 42.6 Å². The Morgan fingerprint density at radius 2 is 1.89 bits per heavy atom. The highest BCUT2D eigenvalue weighted by Crippen LogP contribution is 2.51. The fourth-order valence-electron chi connectivity index (χ4n) is 6.23. The van der Waals surface area contributed by atoms with E-state index < -0.39 is 51.8 Å². The number of thiazole rings is 1. The van der Waals surface area contributed by atoms with Gasteiger partial charge in [0, 0.05) is 24.5 Å². The maximum Gasteiger partial charge on any atom is 0.485 e. The van der Waals surface area contributed by atoms with Crippen molar-refractivity contribution in [2.75, 3.05) is 32.6 Å². The lowest BCUT2D eigenvalue weighted by atomic mass is 9.77. The standard InChI is InChI=1S/C29H34N6O8S2.CHF3O3S/c1-6-10-42-28(40)30-27(31-29(41)43-11-7-2)32-9-8-17(12-32)34-14-33-13-18(45-24(33)25(34)44-5)19-15(3)21-20(16(4)36)23(37)35(21)22(19)26(38)39;2-1(3,4)8(5,6)7/h6-7,13-17,20-21,36H,1-2,8-12H2,3-5H3,(H-,30,31,38,39,40,41);(H,5,6,7)/t15-,16+,17-,20+,21+;/m0./s1. The molecule has 0 aliphatic carbocycles. The highest BCUT2D eigenvalue weighted by atomic mass is 32.2. The fourth-order valence-corrected chi connectivity index (χ4v) is 8.45. The topological polar surface area (TPSA) is 224 Å². The van der Waals surface area contributed by atoms with Crippen molar-refractivity contribution >= 4 is 73.6 Å². The second kappa shape index (κ2) is 16.3. The number of hydrogen-bond acceptors (Lipinski definition) is 12. The molecule has 0 spiro atoms. The number of β-lactam (4-membered cyclic amide) rings is 1. The zero-order valence-electron chi connectivity index (χ0n) is 28.3. The van der Waals surface area contributed by atoms with Gasteiger partial charge in [0.15, 0.2) is 10.1 Å². The van der Waals surface area contributed by atoms with E-state index >= 15 is 0 Å². The number of imidazole rings is 1. The number of aliphatic imine (C=N–C) groups is 1. The van der Waals surface area contributed by atoms with Gasteiger partial charge in [-0.05, 0) is 13.2 Å². The van der Waals surface area contributed by atoms with Crippen molar-refractivity contribution in [2.24, 2.45) is 16.8 Å². The largest absolute Gasteiger partial charge is 0.741 e. The van der Waals surface area contributed by atoms with E-state index in [1.165, 1.54) is 28.4 Å². The third-order valence-electron chi connectivity index (χ3n) is 8.40. The van der Waals surface area contributed by atoms with Crippen LogP contribution >= 0.6 is 23.1 Å². The first-order chi connectivity index (χ1) is 24.8. The number of nitrogens with one attached hydrogen (secondary N) is 1. The summed E-state index contributed by atoms with van der Waals surface area (Å²) in [4.78, 5) is 58.4. The van der Waals surface area contributed by atoms with Crippen LogP contribution in [0.2, 0.25) is 0 Å². The van der Waals surface area contributed by atoms with Crippen LogP contribution in [0.4, 0.5) is 22.8 Å². The van der Waals surface area contributed by atoms with E-state index in [4.69, 9.17) is 22.4 Å². The molecule has 0 saturated carbocycles. The number of amides is 3. The number of aliphatic hydroxyl groups is 1. The summed E-state index contributed by atoms with van der Waals surface area (Å²) in [5, 5.41) is 23.8. The van der Waals surface area contributed by atoms with Crippen LogP contribution in [-0.2, 0) is 29.2 Å². The molecule has 17 nitrogen and oxygen atoms in total. The first-order valence-electron chi connectivity index (χ1n) is 15.5. The number of aromatic nitrogens is 2. The average molecular weight is 809 g/mol. The van der Waals surface area contributed by atoms with Gasteiger partial charge in [0.25, 0.3) is 6.33 Å². The quantitative estimate of drug-likeness (QED) is 0.0485. The van der Waals surface area contributed by atoms with Crippen LogP contribution in [0, 0.1) is 11.8 Å². The number of fused-ring (bicyclic) bond motifs is 2. The van der Waals surface area contributed by atoms with Gasteiger partial charge in [-0.1, -0.05) is 55.3 Å². The van der Waals surface area contributed by atoms with Gasteiger partial charge in [0.05, 0.1) is 29.5 Å². The number of carboxylic acids is 1. The number of rotatable bonds is 9. The Morgan fingerprint density at radius 3 is 2.43 bits per heavy atom. The van der Waals surface area contributed by atoms with E-state index in [0.29, 0.717) is 25.1 Å². The van der Waals surface area contributed by atoms with Gasteiger partial charge in [0.1, 0.15) is 31.1 Å². The van der Waals surface area contributed by atoms with Crippen LogP contribution in [0.3, 0.4) is 0 Å². The summed E-state index contributed by atoms with van der Waals surface area (Å²) >= 11 is 2.98. The Labute approximate surface area is 308 Å². The monoisotopic (exact) mass is 808 g/mol. The Bertz CT molecular complexity index is 1980. The van der Waals surface area contributed by atoms with E-state index in [0.717, 1.165) is 14.7 Å². The summed E-state index contributed by atoms with van der Waals surface area (Å²) in [6, 6.07) is -0.448. The molecule has 2 fully saturated rings. The first-order valence-corrected chi connectivity index (χ1v) is 19.0. The summed E-state index contributed by atoms with van der Waals surface area (Å²) in [5.41, 5.74) is -5.09. The predicted molar refractivity (Wildman–Crippen MR) is 181 cm³/mol. The number of carbonyl (C=O) groups is 4. The van der Waals surface area contributed by atoms with Crippen molar-refractivity contribution < 1.29 is 69.4 Å². The molecule has 3 aliphatic rings. The van der Waals surface area contributed by atoms with Crippen molar-refractivity contribution in [3.8, 4) is 0 Å². The smallest absolute Gasteiger partial charge is 0.485 e. The average Bonchev–Trinajstić information content (AvgIpc) is 3.82. The molecule has 0 radical (unpaired) electrons. The second-order valence-electron chi connectivity index (χ2n) is 11.8. The molecule has 5 rings (SSSR count). The van der Waals surface area contributed by atoms with Crippen molar-refractivity contribution in [3.05, 3.63) is 48.4 Å². The number of thioether (sulfide) groups is 1. The minimum atomic E-state index is -6.09. The lowest BCUT2D eigenvalue weighted by molar-refractivity contribution is -0.508. The molecule has 3 amide bonds. The van der Waals surface area contributed by atoms with Crippen LogP contribution in [-0.4, -0.2) is 118 Å². The van der Waals surface area contributed by atoms with E-state index in [-0.39, 0.29) is 42.7 Å². The molecule has 5 atom stereocenters. The van der Waals surface area contributed by atoms with Crippen molar-refractivity contribution in [3.63, 3.8) is 0 Å². The summed E-state index contributed by atoms with van der Waals surface area (Å²) in [6.07, 6.45) is 6.74. The van der Waals surface area contributed by atoms with E-state index in [1.54, 1.807) is 23.6 Å². The minimum absolute atomic E-state index is 0.00766. The summed E-state index contributed by atoms with van der Waals surface area (Å²) in [5.74, 6) is -2.44. The van der Waals surface area contributed by atoms with Crippen molar-refractivity contribution in [1.82, 2.24) is 19.7 Å². The lowest BCUT2D eigenvalue weighted by Gasteiger charge is -2.46. The molecular formula is C30H35F3N6O11S3. The second-order valence-corrected chi connectivity index (χ2v) is 15.0. The summed E-state index contributed by atoms with van der Waals surface area (Å²) < 4.78 is 73.0. The van der Waals surface area contributed by atoms with Crippen LogP contribution in [0.5, 0.6) is 0 Å². The molecule has 5 heterocycles. The Kier molecular flexibility index (Phi) is 12.7. The Hall–Kier alpha value is -4.45. The molecule has 53 heavy (non-hydrogen) atoms. The summed E-state index contributed by atoms with van der Waals surface area (Å²) in [6.45, 7) is 11.3. The molecule has 0 aromatic carbocycles. The number of nitrogens with zero attached hydrogens (tertiary/aromatic N) is 5. The molecule has 3 N–H and O–H groups in total. The lowest BCUT2D eigenvalue weighted by Crippen LogP contribution is -2.63. The van der Waals surface area contributed by atoms with Gasteiger partial charge in [-0.3, -0.25) is 10.1 Å². The van der Waals surface area contributed by atoms with Crippen LogP contribution in [0.1, 0.15) is 31.2 Å². The van der Waals surface area contributed by atoms with Crippen LogP contribution in [0.15, 0.2) is 53.5 Å². The number of aliphatic carboxylic acids is 1. The van der Waals surface area contributed by atoms with Gasteiger partial charge in [-0.2, -0.15) is 17.6 Å². The molecule has 290 valence electrons. The van der Waals surface area contributed by atoms with E-state index in [1.807, 2.05) is 30.1 Å². The number of alkyl carbamates (subject to hydrolysis) is 1. The predicted octanol–water partition coefficient (Wildman–Crippen LogP) is 2.55. The third kappa shape index (κ3) is 8.53. The normalized spacial score (nSPS) is 22.1. The highest BCUT2D eigenvalue weighted by Gasteiger charge is 2.60. The Morgan fingerprint density at radius 1 is 1.26 bits per heavy atom. The number of hydrogen-bond donors (Lipinski definition) is 3. The molecule has 3 aliphatic heterocycles. The molecule has 2 aromatic heterocycles. The van der Waals surface area contributed by atoms with Gasteiger partial charge < -0.3 is 34.0 Å². The van der Waals surface area contributed by atoms with Crippen LogP contribution in [0.25, 0.3) is 10.4 Å². The number of carbonyl (C=O) groups excluding carboxylic acids is 3. The number of carboxylic acid groups (broad SMARTS) is 1. The van der Waals surface area contributed by atoms with Gasteiger partial charge in [-0.15, -0.1) is 4.99 Å². The fraction of sp³-hybridized carbons (Fsp3) is 0.467. The number of ether oxygens (including phenoxy) is 2. The van der Waals surface area contributed by atoms with Crippen molar-refractivity contribution in [1.29, 1.82) is 0 Å². The number of likely N-dealkylation sites (tertiary alicyclic amines) is 1.